The van der Waals surface area contributed by atoms with Crippen LogP contribution in [0.15, 0.2) is 11.6 Å². The van der Waals surface area contributed by atoms with Crippen LogP contribution in [0.25, 0.3) is 0 Å². The van der Waals surface area contributed by atoms with E-state index in [-0.39, 0.29) is 29.6 Å². The summed E-state index contributed by atoms with van der Waals surface area (Å²) in [7, 11) is -4.85. The number of aliphatic hydroxyl groups is 12. The molecule has 0 bridgehead atoms. The second-order valence-electron chi connectivity index (χ2n) is 26.6. The largest absolute Gasteiger partial charge is 0.397 e. The van der Waals surface area contributed by atoms with Gasteiger partial charge in [-0.25, -0.2) is 4.18 Å². The minimum absolute atomic E-state index is 0.00519. The van der Waals surface area contributed by atoms with E-state index in [0.717, 1.165) is 32.1 Å². The first kappa shape index (κ1) is 66.2. The molecular weight excluding hydrogens is 1120 g/mol. The molecule has 0 aromatic heterocycles. The molecule has 5 heterocycles. The molecule has 33 atom stereocenters. The van der Waals surface area contributed by atoms with Crippen molar-refractivity contribution in [2.75, 3.05) is 6.61 Å². The Balaban J connectivity index is 0.975. The highest BCUT2D eigenvalue weighted by molar-refractivity contribution is 7.80. The maximum Gasteiger partial charge on any atom is 0.397 e. The quantitative estimate of drug-likeness (QED) is 0.0624. The van der Waals surface area contributed by atoms with E-state index in [4.69, 9.17) is 51.6 Å². The van der Waals surface area contributed by atoms with Gasteiger partial charge in [0.2, 0.25) is 0 Å². The molecule has 4 aliphatic carbocycles. The molecular formula is C56H94O26S. The second kappa shape index (κ2) is 25.5. The number of hydrogen-bond donors (Lipinski definition) is 13. The summed E-state index contributed by atoms with van der Waals surface area (Å²) >= 11 is 0. The fourth-order valence-electron chi connectivity index (χ4n) is 15.7. The molecule has 13 N–H and O–H groups in total. The van der Waals surface area contributed by atoms with Gasteiger partial charge in [0.05, 0.1) is 48.8 Å². The summed E-state index contributed by atoms with van der Waals surface area (Å²) in [6, 6.07) is 0. The van der Waals surface area contributed by atoms with E-state index >= 15 is 0 Å². The molecule has 83 heavy (non-hydrogen) atoms. The molecule has 9 aliphatic rings. The van der Waals surface area contributed by atoms with Gasteiger partial charge in [-0.2, -0.15) is 8.42 Å². The average molecular weight is 1220 g/mol. The Morgan fingerprint density at radius 1 is 0.602 bits per heavy atom. The SMILES string of the molecule is CC(C)CCCC(C)(O)C1CCC2C3CC(OC4OC(C)C(O)C(OC5OCC(OC6OC(C)C(O)C(O)C6OC6OC(C)C(O)C(O)C6O)C(O)C5OC5OC(C)C(O)C(O)C5O)C4O)C4CC(OS(=O)(=O)O)CCC4(C)C3=CCC21C. The lowest BCUT2D eigenvalue weighted by Gasteiger charge is -2.60. The van der Waals surface area contributed by atoms with E-state index in [9.17, 15) is 74.2 Å². The molecule has 0 aromatic rings. The maximum absolute atomic E-state index is 12.4. The summed E-state index contributed by atoms with van der Waals surface area (Å²) in [5.41, 5.74) is -0.544. The Morgan fingerprint density at radius 3 is 1.70 bits per heavy atom. The molecule has 5 aliphatic heterocycles. The first-order valence-corrected chi connectivity index (χ1v) is 31.2. The molecule has 0 radical (unpaired) electrons. The van der Waals surface area contributed by atoms with Gasteiger partial charge in [0.25, 0.3) is 0 Å². The van der Waals surface area contributed by atoms with Crippen LogP contribution in [-0.4, -0.2) is 246 Å². The summed E-state index contributed by atoms with van der Waals surface area (Å²) in [5.74, 6) is 0.142. The fraction of sp³-hybridized carbons (Fsp3) is 0.964. The molecule has 26 nitrogen and oxygen atoms in total. The minimum Gasteiger partial charge on any atom is -0.390 e. The monoisotopic (exact) mass is 1210 g/mol. The highest BCUT2D eigenvalue weighted by Crippen LogP contribution is 2.67. The molecule has 33 unspecified atom stereocenters. The molecule has 5 saturated heterocycles. The van der Waals surface area contributed by atoms with E-state index in [1.165, 1.54) is 33.3 Å². The smallest absolute Gasteiger partial charge is 0.390 e. The Kier molecular flexibility index (Phi) is 20.4. The van der Waals surface area contributed by atoms with Crippen molar-refractivity contribution in [1.29, 1.82) is 0 Å². The third-order valence-corrected chi connectivity index (χ3v) is 21.0. The minimum atomic E-state index is -4.85. The van der Waals surface area contributed by atoms with Crippen LogP contribution >= 0.6 is 0 Å². The van der Waals surface area contributed by atoms with Crippen molar-refractivity contribution in [2.45, 2.75) is 292 Å². The van der Waals surface area contributed by atoms with Crippen LogP contribution in [0.3, 0.4) is 0 Å². The Morgan fingerprint density at radius 2 is 1.12 bits per heavy atom. The van der Waals surface area contributed by atoms with E-state index in [1.807, 2.05) is 6.92 Å². The van der Waals surface area contributed by atoms with E-state index in [1.54, 1.807) is 0 Å². The number of ether oxygens (including phenoxy) is 10. The van der Waals surface area contributed by atoms with Crippen molar-refractivity contribution in [1.82, 2.24) is 0 Å². The average Bonchev–Trinajstić information content (AvgIpc) is 2.27. The van der Waals surface area contributed by atoms with Crippen molar-refractivity contribution >= 4 is 10.4 Å². The van der Waals surface area contributed by atoms with Gasteiger partial charge in [0.1, 0.15) is 91.6 Å². The zero-order valence-corrected chi connectivity index (χ0v) is 49.6. The van der Waals surface area contributed by atoms with E-state index in [2.05, 4.69) is 33.8 Å². The maximum atomic E-state index is 12.4. The van der Waals surface area contributed by atoms with E-state index < -0.39 is 194 Å². The van der Waals surface area contributed by atoms with Gasteiger partial charge in [-0.1, -0.05) is 52.2 Å². The first-order chi connectivity index (χ1) is 38.8. The number of aliphatic hydroxyl groups excluding tert-OH is 11. The molecule has 480 valence electrons. The summed E-state index contributed by atoms with van der Waals surface area (Å²) in [6.07, 6.45) is -31.8. The summed E-state index contributed by atoms with van der Waals surface area (Å²) in [6.45, 7) is 15.9. The fourth-order valence-corrected chi connectivity index (χ4v) is 16.2. The normalized spacial score (nSPS) is 52.3. The summed E-state index contributed by atoms with van der Waals surface area (Å²) in [4.78, 5) is 0. The van der Waals surface area contributed by atoms with Crippen LogP contribution in [0, 0.1) is 40.4 Å². The molecule has 8 fully saturated rings. The molecule has 9 rings (SSSR count). The number of fused-ring (bicyclic) bond motifs is 5. The molecule has 3 saturated carbocycles. The van der Waals surface area contributed by atoms with Crippen LogP contribution in [0.1, 0.15) is 127 Å². The number of allylic oxidation sites excluding steroid dienone is 2. The van der Waals surface area contributed by atoms with Crippen molar-refractivity contribution in [2.24, 2.45) is 40.4 Å². The zero-order chi connectivity index (χ0) is 60.7. The van der Waals surface area contributed by atoms with Crippen LogP contribution in [0.4, 0.5) is 0 Å². The Bertz CT molecular complexity index is 2320. The molecule has 0 aromatic carbocycles. The van der Waals surface area contributed by atoms with Gasteiger partial charge in [-0.3, -0.25) is 4.55 Å². The van der Waals surface area contributed by atoms with Crippen LogP contribution in [0.2, 0.25) is 0 Å². The van der Waals surface area contributed by atoms with Crippen LogP contribution in [-0.2, 0) is 62.0 Å². The van der Waals surface area contributed by atoms with Crippen LogP contribution < -0.4 is 0 Å². The predicted octanol–water partition coefficient (Wildman–Crippen LogP) is -0.828. The molecule has 0 spiro atoms. The summed E-state index contributed by atoms with van der Waals surface area (Å²) in [5, 5.41) is 135. The van der Waals surface area contributed by atoms with Gasteiger partial charge in [-0.15, -0.1) is 0 Å². The van der Waals surface area contributed by atoms with Gasteiger partial charge < -0.3 is 109 Å². The highest BCUT2D eigenvalue weighted by atomic mass is 32.3. The van der Waals surface area contributed by atoms with Crippen molar-refractivity contribution < 1.29 is 126 Å². The third-order valence-electron chi connectivity index (χ3n) is 20.5. The van der Waals surface area contributed by atoms with Crippen molar-refractivity contribution in [3.05, 3.63) is 11.6 Å². The third kappa shape index (κ3) is 13.2. The lowest BCUT2D eigenvalue weighted by Crippen LogP contribution is -2.66. The van der Waals surface area contributed by atoms with Crippen molar-refractivity contribution in [3.8, 4) is 0 Å². The van der Waals surface area contributed by atoms with Gasteiger partial charge in [0.15, 0.2) is 31.5 Å². The molecule has 0 amide bonds. The Hall–Kier alpha value is -1.27. The Labute approximate surface area is 485 Å². The first-order valence-electron chi connectivity index (χ1n) is 29.8. The van der Waals surface area contributed by atoms with Crippen LogP contribution in [0.5, 0.6) is 0 Å². The zero-order valence-electron chi connectivity index (χ0n) is 48.8. The lowest BCUT2D eigenvalue weighted by molar-refractivity contribution is -0.397. The topological polar surface area (TPSA) is 399 Å². The van der Waals surface area contributed by atoms with Gasteiger partial charge >= 0.3 is 10.4 Å². The molecule has 27 heteroatoms. The van der Waals surface area contributed by atoms with Crippen molar-refractivity contribution in [3.63, 3.8) is 0 Å². The van der Waals surface area contributed by atoms with E-state index in [0.29, 0.717) is 31.6 Å². The highest BCUT2D eigenvalue weighted by Gasteiger charge is 2.63. The number of hydrogen-bond acceptors (Lipinski definition) is 25. The van der Waals surface area contributed by atoms with Gasteiger partial charge in [-0.05, 0) is 126 Å². The predicted molar refractivity (Wildman–Crippen MR) is 284 cm³/mol. The summed E-state index contributed by atoms with van der Waals surface area (Å²) < 4.78 is 101. The standard InChI is InChI=1S/C56H94O26S/c1-22(2)11-10-16-56(9,68)34-13-12-29-28-20-32(31-19-27(82-83(69,70)71)14-17-54(31,7)30(28)15-18-55(29,34)8)77-51-45(67)46(38(60)26(6)75-51)79-52-47(80-49-43(65)40(62)35(57)23(3)73-49)39(61)33(21-72-52)78-53-48(42(64)37(59)25(5)76-53)81-50-44(66)41(63)36(58)24(4)74-50/h15,22-29,31-53,57-68H,10-14,16-21H2,1-9H3,(H,69,70,71). The lowest BCUT2D eigenvalue weighted by atomic mass is 9.47. The number of rotatable bonds is 17. The second-order valence-corrected chi connectivity index (χ2v) is 27.7. The van der Waals surface area contributed by atoms with Gasteiger partial charge in [0, 0.05) is 0 Å².